The standard InChI is InChI=1S/C13H7BrCl2O2/c14-9-2-3-10(15)13(6-9)18-12-4-1-8(7-17)5-11(12)16/h1-7H. The van der Waals surface area contributed by atoms with Gasteiger partial charge in [-0.25, -0.2) is 0 Å². The molecule has 0 aromatic heterocycles. The Kier molecular flexibility index (Phi) is 4.27. The van der Waals surface area contributed by atoms with Crippen molar-refractivity contribution in [1.29, 1.82) is 0 Å². The molecule has 0 saturated carbocycles. The van der Waals surface area contributed by atoms with Crippen LogP contribution in [0.3, 0.4) is 0 Å². The van der Waals surface area contributed by atoms with Crippen LogP contribution in [0, 0.1) is 0 Å². The van der Waals surface area contributed by atoms with Crippen molar-refractivity contribution in [2.75, 3.05) is 0 Å². The van der Waals surface area contributed by atoms with Crippen LogP contribution in [-0.4, -0.2) is 6.29 Å². The maximum absolute atomic E-state index is 10.6. The summed E-state index contributed by atoms with van der Waals surface area (Å²) in [6.07, 6.45) is 0.724. The highest BCUT2D eigenvalue weighted by Crippen LogP contribution is 2.35. The molecule has 2 aromatic rings. The van der Waals surface area contributed by atoms with Crippen molar-refractivity contribution in [2.45, 2.75) is 0 Å². The predicted octanol–water partition coefficient (Wildman–Crippen LogP) is 5.36. The van der Waals surface area contributed by atoms with E-state index in [0.29, 0.717) is 27.1 Å². The molecule has 18 heavy (non-hydrogen) atoms. The fourth-order valence-corrected chi connectivity index (χ4v) is 2.07. The lowest BCUT2D eigenvalue weighted by atomic mass is 10.2. The first kappa shape index (κ1) is 13.4. The third-order valence-corrected chi connectivity index (χ3v) is 3.31. The summed E-state index contributed by atoms with van der Waals surface area (Å²) < 4.78 is 6.46. The minimum atomic E-state index is 0.357. The van der Waals surface area contributed by atoms with Crippen molar-refractivity contribution in [1.82, 2.24) is 0 Å². The fraction of sp³-hybridized carbons (Fsp3) is 0. The van der Waals surface area contributed by atoms with Gasteiger partial charge in [-0.3, -0.25) is 4.79 Å². The topological polar surface area (TPSA) is 26.3 Å². The van der Waals surface area contributed by atoms with Crippen LogP contribution < -0.4 is 4.74 Å². The summed E-state index contributed by atoms with van der Waals surface area (Å²) in [5, 5.41) is 0.837. The number of halogens is 3. The molecule has 0 bridgehead atoms. The number of benzene rings is 2. The molecule has 0 amide bonds. The van der Waals surface area contributed by atoms with Crippen molar-refractivity contribution in [3.8, 4) is 11.5 Å². The Bertz CT molecular complexity index is 600. The molecule has 92 valence electrons. The molecule has 0 aliphatic rings. The minimum Gasteiger partial charge on any atom is -0.454 e. The lowest BCUT2D eigenvalue weighted by Gasteiger charge is -2.09. The van der Waals surface area contributed by atoms with Gasteiger partial charge in [-0.15, -0.1) is 0 Å². The van der Waals surface area contributed by atoms with E-state index in [9.17, 15) is 4.79 Å². The van der Waals surface area contributed by atoms with Gasteiger partial charge in [0.15, 0.2) is 0 Å². The van der Waals surface area contributed by atoms with Gasteiger partial charge >= 0.3 is 0 Å². The van der Waals surface area contributed by atoms with Crippen LogP contribution in [0.1, 0.15) is 10.4 Å². The van der Waals surface area contributed by atoms with Gasteiger partial charge in [-0.2, -0.15) is 0 Å². The highest BCUT2D eigenvalue weighted by atomic mass is 79.9. The second kappa shape index (κ2) is 5.74. The molecule has 0 atom stereocenters. The molecule has 5 heteroatoms. The number of ether oxygens (including phenoxy) is 1. The number of carbonyl (C=O) groups excluding carboxylic acids is 1. The lowest BCUT2D eigenvalue weighted by Crippen LogP contribution is -1.88. The monoisotopic (exact) mass is 344 g/mol. The third-order valence-electron chi connectivity index (χ3n) is 2.21. The smallest absolute Gasteiger partial charge is 0.150 e. The van der Waals surface area contributed by atoms with E-state index in [4.69, 9.17) is 27.9 Å². The van der Waals surface area contributed by atoms with Crippen LogP contribution in [0.5, 0.6) is 11.5 Å². The molecule has 0 aliphatic carbocycles. The summed E-state index contributed by atoms with van der Waals surface area (Å²) in [6, 6.07) is 10.1. The summed E-state index contributed by atoms with van der Waals surface area (Å²) in [7, 11) is 0. The number of carbonyl (C=O) groups is 1. The first-order chi connectivity index (χ1) is 8.60. The molecule has 0 aliphatic heterocycles. The van der Waals surface area contributed by atoms with Crippen molar-refractivity contribution < 1.29 is 9.53 Å². The van der Waals surface area contributed by atoms with Crippen LogP contribution in [-0.2, 0) is 0 Å². The second-order valence-electron chi connectivity index (χ2n) is 3.48. The number of rotatable bonds is 3. The summed E-state index contributed by atoms with van der Waals surface area (Å²) in [4.78, 5) is 10.6. The van der Waals surface area contributed by atoms with E-state index in [0.717, 1.165) is 10.8 Å². The maximum atomic E-state index is 10.6. The Balaban J connectivity index is 2.34. The molecule has 0 spiro atoms. The lowest BCUT2D eigenvalue weighted by molar-refractivity contribution is 0.112. The average Bonchev–Trinajstić information content (AvgIpc) is 2.36. The van der Waals surface area contributed by atoms with Crippen LogP contribution in [0.4, 0.5) is 0 Å². The predicted molar refractivity (Wildman–Crippen MR) is 76.1 cm³/mol. The SMILES string of the molecule is O=Cc1ccc(Oc2cc(Br)ccc2Cl)c(Cl)c1. The Hall–Kier alpha value is -1.03. The number of hydrogen-bond donors (Lipinski definition) is 0. The largest absolute Gasteiger partial charge is 0.454 e. The zero-order chi connectivity index (χ0) is 13.1. The van der Waals surface area contributed by atoms with Crippen molar-refractivity contribution >= 4 is 45.4 Å². The number of aldehydes is 1. The van der Waals surface area contributed by atoms with E-state index >= 15 is 0 Å². The molecule has 0 radical (unpaired) electrons. The highest BCUT2D eigenvalue weighted by molar-refractivity contribution is 9.10. The Labute approximate surface area is 123 Å². The van der Waals surface area contributed by atoms with Gasteiger partial charge in [0, 0.05) is 10.0 Å². The van der Waals surface area contributed by atoms with Gasteiger partial charge in [0.2, 0.25) is 0 Å². The quantitative estimate of drug-likeness (QED) is 0.700. The van der Waals surface area contributed by atoms with Crippen molar-refractivity contribution in [3.05, 3.63) is 56.5 Å². The summed E-state index contributed by atoms with van der Waals surface area (Å²) >= 11 is 15.4. The summed E-state index contributed by atoms with van der Waals surface area (Å²) in [5.41, 5.74) is 0.493. The normalized spacial score (nSPS) is 10.2. The highest BCUT2D eigenvalue weighted by Gasteiger charge is 2.08. The molecule has 0 heterocycles. The average molecular weight is 346 g/mol. The van der Waals surface area contributed by atoms with Gasteiger partial charge in [0.05, 0.1) is 10.0 Å². The van der Waals surface area contributed by atoms with Crippen molar-refractivity contribution in [2.24, 2.45) is 0 Å². The fourth-order valence-electron chi connectivity index (χ4n) is 1.35. The minimum absolute atomic E-state index is 0.357. The van der Waals surface area contributed by atoms with Gasteiger partial charge in [-0.1, -0.05) is 39.1 Å². The van der Waals surface area contributed by atoms with E-state index < -0.39 is 0 Å². The van der Waals surface area contributed by atoms with E-state index in [2.05, 4.69) is 15.9 Å². The molecule has 0 unspecified atom stereocenters. The molecule has 0 fully saturated rings. The van der Waals surface area contributed by atoms with Crippen LogP contribution >= 0.6 is 39.1 Å². The van der Waals surface area contributed by atoms with Gasteiger partial charge in [0.25, 0.3) is 0 Å². The van der Waals surface area contributed by atoms with Crippen LogP contribution in [0.2, 0.25) is 10.0 Å². The molecule has 2 nitrogen and oxygen atoms in total. The van der Waals surface area contributed by atoms with E-state index in [1.807, 2.05) is 6.07 Å². The molecule has 2 aromatic carbocycles. The van der Waals surface area contributed by atoms with Crippen molar-refractivity contribution in [3.63, 3.8) is 0 Å². The zero-order valence-corrected chi connectivity index (χ0v) is 12.1. The zero-order valence-electron chi connectivity index (χ0n) is 8.99. The van der Waals surface area contributed by atoms with Crippen LogP contribution in [0.25, 0.3) is 0 Å². The molecule has 0 saturated heterocycles. The van der Waals surface area contributed by atoms with Gasteiger partial charge in [0.1, 0.15) is 17.8 Å². The van der Waals surface area contributed by atoms with Crippen LogP contribution in [0.15, 0.2) is 40.9 Å². The molecular weight excluding hydrogens is 339 g/mol. The van der Waals surface area contributed by atoms with Gasteiger partial charge < -0.3 is 4.74 Å². The first-order valence-electron chi connectivity index (χ1n) is 4.98. The Morgan fingerprint density at radius 1 is 1.00 bits per heavy atom. The van der Waals surface area contributed by atoms with E-state index in [-0.39, 0.29) is 0 Å². The van der Waals surface area contributed by atoms with E-state index in [1.165, 1.54) is 6.07 Å². The molecular formula is C13H7BrCl2O2. The summed E-state index contributed by atoms with van der Waals surface area (Å²) in [6.45, 7) is 0. The van der Waals surface area contributed by atoms with Gasteiger partial charge in [-0.05, 0) is 36.4 Å². The maximum Gasteiger partial charge on any atom is 0.150 e. The second-order valence-corrected chi connectivity index (χ2v) is 5.21. The molecule has 0 N–H and O–H groups in total. The Morgan fingerprint density at radius 3 is 2.44 bits per heavy atom. The van der Waals surface area contributed by atoms with E-state index in [1.54, 1.807) is 24.3 Å². The number of hydrogen-bond acceptors (Lipinski definition) is 2. The molecule has 2 rings (SSSR count). The Morgan fingerprint density at radius 2 is 1.78 bits per heavy atom. The summed E-state index contributed by atoms with van der Waals surface area (Å²) in [5.74, 6) is 0.939. The third kappa shape index (κ3) is 3.05. The first-order valence-corrected chi connectivity index (χ1v) is 6.52.